The maximum Gasteiger partial charge on any atom is 0.306 e. The van der Waals surface area contributed by atoms with E-state index in [1.54, 1.807) is 0 Å². The van der Waals surface area contributed by atoms with Crippen LogP contribution in [0.2, 0.25) is 0 Å². The molecule has 6 heteroatoms. The van der Waals surface area contributed by atoms with Crippen molar-refractivity contribution in [2.75, 3.05) is 6.61 Å². The Morgan fingerprint density at radius 1 is 0.452 bits per heavy atom. The summed E-state index contributed by atoms with van der Waals surface area (Å²) in [6.45, 7) is 6.51. The van der Waals surface area contributed by atoms with Crippen LogP contribution in [0.4, 0.5) is 0 Å². The molecule has 6 nitrogen and oxygen atoms in total. The number of nitrogens with one attached hydrogen (secondary N) is 1. The molecule has 0 aromatic carbocycles. The number of unbranched alkanes of at least 4 members (excludes halogenated alkanes) is 37. The Kier molecular flexibility index (Phi) is 49.5. The standard InChI is InChI=1S/C56H109NO5/c1-4-7-10-13-16-19-22-25-27-28-29-31-33-36-39-42-45-48-54(59)53(51-58)57-55(60)50-52(47-44-41-38-35-32-30-26-23-20-17-14-11-8-5-2)62-56(61)49-46-43-40-37-34-24-21-18-15-12-9-6-3/h30,32,52-54,58-59H,4-29,31,33-51H2,1-3H3,(H,57,60)/b32-30+. The molecule has 0 heterocycles. The summed E-state index contributed by atoms with van der Waals surface area (Å²) in [5, 5.41) is 23.9. The van der Waals surface area contributed by atoms with E-state index in [0.29, 0.717) is 19.3 Å². The zero-order valence-corrected chi connectivity index (χ0v) is 42.0. The Labute approximate surface area is 387 Å². The highest BCUT2D eigenvalue weighted by Gasteiger charge is 2.24. The van der Waals surface area contributed by atoms with Crippen molar-refractivity contribution in [2.24, 2.45) is 0 Å². The molecule has 0 aromatic heterocycles. The van der Waals surface area contributed by atoms with Crippen molar-refractivity contribution >= 4 is 11.9 Å². The first-order chi connectivity index (χ1) is 30.5. The Balaban J connectivity index is 4.49. The first-order valence-corrected chi connectivity index (χ1v) is 27.9. The van der Waals surface area contributed by atoms with E-state index < -0.39 is 18.2 Å². The molecule has 368 valence electrons. The van der Waals surface area contributed by atoms with Crippen LogP contribution in [0.15, 0.2) is 12.2 Å². The summed E-state index contributed by atoms with van der Waals surface area (Å²) in [7, 11) is 0. The van der Waals surface area contributed by atoms with Gasteiger partial charge in [-0.3, -0.25) is 9.59 Å². The summed E-state index contributed by atoms with van der Waals surface area (Å²) in [6.07, 6.45) is 57.0. The third-order valence-electron chi connectivity index (χ3n) is 13.1. The molecule has 0 saturated carbocycles. The number of ether oxygens (including phenoxy) is 1. The fourth-order valence-electron chi connectivity index (χ4n) is 8.84. The quantitative estimate of drug-likeness (QED) is 0.0321. The second-order valence-corrected chi connectivity index (χ2v) is 19.3. The summed E-state index contributed by atoms with van der Waals surface area (Å²) >= 11 is 0. The van der Waals surface area contributed by atoms with Gasteiger partial charge in [0.25, 0.3) is 0 Å². The summed E-state index contributed by atoms with van der Waals surface area (Å²) in [5.74, 6) is -0.470. The highest BCUT2D eigenvalue weighted by molar-refractivity contribution is 5.77. The monoisotopic (exact) mass is 876 g/mol. The Morgan fingerprint density at radius 3 is 1.16 bits per heavy atom. The van der Waals surface area contributed by atoms with Gasteiger partial charge < -0.3 is 20.3 Å². The van der Waals surface area contributed by atoms with E-state index in [0.717, 1.165) is 57.8 Å². The SMILES string of the molecule is CCCCCCCCC/C=C/CCCCCC(CC(=O)NC(CO)C(O)CCCCCCCCCCCCCCCCCCC)OC(=O)CCCCCCCCCCCCCC. The molecule has 3 N–H and O–H groups in total. The number of aliphatic hydroxyl groups is 2. The topological polar surface area (TPSA) is 95.9 Å². The van der Waals surface area contributed by atoms with E-state index in [-0.39, 0.29) is 24.9 Å². The number of carbonyl (C=O) groups is 2. The predicted molar refractivity (Wildman–Crippen MR) is 269 cm³/mol. The molecule has 0 saturated heterocycles. The normalized spacial score (nSPS) is 13.2. The van der Waals surface area contributed by atoms with Gasteiger partial charge in [0.15, 0.2) is 0 Å². The Hall–Kier alpha value is -1.40. The summed E-state index contributed by atoms with van der Waals surface area (Å²) in [6, 6.07) is -0.700. The molecule has 62 heavy (non-hydrogen) atoms. The van der Waals surface area contributed by atoms with Gasteiger partial charge >= 0.3 is 5.97 Å². The first-order valence-electron chi connectivity index (χ1n) is 27.9. The van der Waals surface area contributed by atoms with Crippen molar-refractivity contribution < 1.29 is 24.5 Å². The fourth-order valence-corrected chi connectivity index (χ4v) is 8.84. The number of esters is 1. The third kappa shape index (κ3) is 45.2. The molecule has 3 atom stereocenters. The number of allylic oxidation sites excluding steroid dienone is 2. The molecule has 0 aliphatic carbocycles. The highest BCUT2D eigenvalue weighted by Crippen LogP contribution is 2.18. The maximum absolute atomic E-state index is 13.2. The maximum atomic E-state index is 13.2. The van der Waals surface area contributed by atoms with Crippen molar-refractivity contribution in [2.45, 2.75) is 328 Å². The van der Waals surface area contributed by atoms with E-state index >= 15 is 0 Å². The van der Waals surface area contributed by atoms with Gasteiger partial charge in [0, 0.05) is 6.42 Å². The molecule has 0 spiro atoms. The van der Waals surface area contributed by atoms with Gasteiger partial charge in [0.2, 0.25) is 5.91 Å². The van der Waals surface area contributed by atoms with Crippen LogP contribution in [0.5, 0.6) is 0 Å². The van der Waals surface area contributed by atoms with Crippen LogP contribution in [0.1, 0.15) is 310 Å². The van der Waals surface area contributed by atoms with Crippen molar-refractivity contribution in [3.8, 4) is 0 Å². The van der Waals surface area contributed by atoms with Gasteiger partial charge in [-0.25, -0.2) is 0 Å². The lowest BCUT2D eigenvalue weighted by molar-refractivity contribution is -0.151. The average Bonchev–Trinajstić information content (AvgIpc) is 3.26. The van der Waals surface area contributed by atoms with Crippen LogP contribution in [0.25, 0.3) is 0 Å². The van der Waals surface area contributed by atoms with E-state index in [1.165, 1.54) is 205 Å². The van der Waals surface area contributed by atoms with Gasteiger partial charge in [-0.2, -0.15) is 0 Å². The summed E-state index contributed by atoms with van der Waals surface area (Å²) in [5.41, 5.74) is 0. The first kappa shape index (κ1) is 60.6. The summed E-state index contributed by atoms with van der Waals surface area (Å²) in [4.78, 5) is 26.2. The van der Waals surface area contributed by atoms with Crippen molar-refractivity contribution in [3.05, 3.63) is 12.2 Å². The Morgan fingerprint density at radius 2 is 0.774 bits per heavy atom. The molecule has 0 aliphatic rings. The number of hydrogen-bond acceptors (Lipinski definition) is 5. The predicted octanol–water partition coefficient (Wildman–Crippen LogP) is 16.9. The van der Waals surface area contributed by atoms with Gasteiger partial charge in [0.05, 0.1) is 25.2 Å². The largest absolute Gasteiger partial charge is 0.462 e. The van der Waals surface area contributed by atoms with Crippen LogP contribution in [-0.2, 0) is 14.3 Å². The van der Waals surface area contributed by atoms with Gasteiger partial charge in [-0.1, -0.05) is 258 Å². The molecule has 0 fully saturated rings. The number of aliphatic hydroxyl groups excluding tert-OH is 2. The molecule has 1 amide bonds. The van der Waals surface area contributed by atoms with Crippen LogP contribution >= 0.6 is 0 Å². The molecule has 3 unspecified atom stereocenters. The van der Waals surface area contributed by atoms with Gasteiger partial charge in [-0.05, 0) is 51.4 Å². The lowest BCUT2D eigenvalue weighted by Gasteiger charge is -2.24. The minimum absolute atomic E-state index is 0.0743. The molecular formula is C56H109NO5. The second-order valence-electron chi connectivity index (χ2n) is 19.3. The third-order valence-corrected chi connectivity index (χ3v) is 13.1. The van der Waals surface area contributed by atoms with Crippen LogP contribution in [-0.4, -0.2) is 46.9 Å². The van der Waals surface area contributed by atoms with Crippen molar-refractivity contribution in [1.29, 1.82) is 0 Å². The van der Waals surface area contributed by atoms with E-state index in [1.807, 2.05) is 0 Å². The lowest BCUT2D eigenvalue weighted by Crippen LogP contribution is -2.46. The lowest BCUT2D eigenvalue weighted by atomic mass is 10.0. The van der Waals surface area contributed by atoms with Crippen LogP contribution in [0.3, 0.4) is 0 Å². The smallest absolute Gasteiger partial charge is 0.306 e. The van der Waals surface area contributed by atoms with Crippen LogP contribution in [0, 0.1) is 0 Å². The van der Waals surface area contributed by atoms with E-state index in [4.69, 9.17) is 4.74 Å². The van der Waals surface area contributed by atoms with Gasteiger partial charge in [0.1, 0.15) is 6.10 Å². The zero-order valence-electron chi connectivity index (χ0n) is 42.0. The van der Waals surface area contributed by atoms with E-state index in [9.17, 15) is 19.8 Å². The molecule has 0 bridgehead atoms. The minimum atomic E-state index is -0.786. The molecule has 0 aliphatic heterocycles. The molecule has 0 aromatic rings. The molecule has 0 radical (unpaired) electrons. The second kappa shape index (κ2) is 50.6. The van der Waals surface area contributed by atoms with Crippen LogP contribution < -0.4 is 5.32 Å². The molecular weight excluding hydrogens is 767 g/mol. The van der Waals surface area contributed by atoms with Crippen molar-refractivity contribution in [3.63, 3.8) is 0 Å². The zero-order chi connectivity index (χ0) is 45.2. The Bertz CT molecular complexity index is 939. The van der Waals surface area contributed by atoms with E-state index in [2.05, 4.69) is 38.2 Å². The summed E-state index contributed by atoms with van der Waals surface area (Å²) < 4.78 is 5.94. The fraction of sp³-hybridized carbons (Fsp3) is 0.929. The average molecular weight is 876 g/mol. The minimum Gasteiger partial charge on any atom is -0.462 e. The number of hydrogen-bond donors (Lipinski definition) is 3. The van der Waals surface area contributed by atoms with Crippen molar-refractivity contribution in [1.82, 2.24) is 5.32 Å². The highest BCUT2D eigenvalue weighted by atomic mass is 16.5. The van der Waals surface area contributed by atoms with Gasteiger partial charge in [-0.15, -0.1) is 0 Å². The number of rotatable bonds is 51. The number of amides is 1. The molecule has 0 rings (SSSR count). The number of carbonyl (C=O) groups excluding carboxylic acids is 2.